The lowest BCUT2D eigenvalue weighted by atomic mass is 9.94. The van der Waals surface area contributed by atoms with Crippen molar-refractivity contribution in [3.05, 3.63) is 24.0 Å². The number of halogens is 2. The topological polar surface area (TPSA) is 59.4 Å². The second-order valence-corrected chi connectivity index (χ2v) is 4.39. The minimum absolute atomic E-state index is 0.0219. The Hall–Kier alpha value is -1.72. The van der Waals surface area contributed by atoms with Crippen LogP contribution < -0.4 is 4.74 Å². The summed E-state index contributed by atoms with van der Waals surface area (Å²) in [6.45, 7) is 0. The summed E-state index contributed by atoms with van der Waals surface area (Å²) in [7, 11) is 0. The van der Waals surface area contributed by atoms with Gasteiger partial charge in [-0.15, -0.1) is 0 Å². The molecule has 1 aromatic rings. The number of ether oxygens (including phenoxy) is 1. The molecule has 1 fully saturated rings. The van der Waals surface area contributed by atoms with Crippen LogP contribution in [-0.4, -0.2) is 28.1 Å². The van der Waals surface area contributed by atoms with Crippen molar-refractivity contribution in [2.75, 3.05) is 0 Å². The molecule has 0 unspecified atom stereocenters. The third-order valence-electron chi connectivity index (χ3n) is 2.93. The number of carbonyl (C=O) groups is 1. The average Bonchev–Trinajstić information content (AvgIpc) is 2.32. The summed E-state index contributed by atoms with van der Waals surface area (Å²) >= 11 is 0. The van der Waals surface area contributed by atoms with E-state index in [1.165, 1.54) is 18.5 Å². The summed E-state index contributed by atoms with van der Waals surface area (Å²) in [6, 6.07) is 1.35. The van der Waals surface area contributed by atoms with E-state index in [-0.39, 0.29) is 37.4 Å². The van der Waals surface area contributed by atoms with Gasteiger partial charge in [-0.05, 0) is 18.9 Å². The summed E-state index contributed by atoms with van der Waals surface area (Å²) in [6.07, 6.45) is 2.46. The molecule has 0 radical (unpaired) electrons. The quantitative estimate of drug-likeness (QED) is 0.904. The van der Waals surface area contributed by atoms with Crippen molar-refractivity contribution in [3.63, 3.8) is 0 Å². The van der Waals surface area contributed by atoms with Crippen molar-refractivity contribution in [1.82, 2.24) is 4.98 Å². The Bertz CT molecular complexity index is 441. The molecule has 0 aromatic carbocycles. The first-order chi connectivity index (χ1) is 8.46. The van der Waals surface area contributed by atoms with Gasteiger partial charge in [0, 0.05) is 19.0 Å². The van der Waals surface area contributed by atoms with Gasteiger partial charge >= 0.3 is 5.97 Å². The highest BCUT2D eigenvalue weighted by Gasteiger charge is 2.35. The molecule has 4 nitrogen and oxygen atoms in total. The van der Waals surface area contributed by atoms with E-state index < -0.39 is 11.9 Å². The molecular formula is C12H13F2NO3. The van der Waals surface area contributed by atoms with Crippen molar-refractivity contribution in [2.24, 2.45) is 0 Å². The zero-order valence-corrected chi connectivity index (χ0v) is 9.60. The number of rotatable bonds is 3. The molecule has 98 valence electrons. The number of hydrogen-bond donors (Lipinski definition) is 1. The first-order valence-corrected chi connectivity index (χ1v) is 5.69. The SMILES string of the molecule is O=C(O)c1cncc(OC2CCC(F)(F)CC2)c1. The Kier molecular flexibility index (Phi) is 3.45. The smallest absolute Gasteiger partial charge is 0.337 e. The number of aromatic nitrogens is 1. The van der Waals surface area contributed by atoms with E-state index in [0.29, 0.717) is 5.75 Å². The van der Waals surface area contributed by atoms with Gasteiger partial charge in [0.25, 0.3) is 0 Å². The third kappa shape index (κ3) is 3.15. The lowest BCUT2D eigenvalue weighted by molar-refractivity contribution is -0.0582. The first-order valence-electron chi connectivity index (χ1n) is 5.69. The van der Waals surface area contributed by atoms with Crippen molar-refractivity contribution >= 4 is 5.97 Å². The van der Waals surface area contributed by atoms with E-state index in [9.17, 15) is 13.6 Å². The van der Waals surface area contributed by atoms with Gasteiger partial charge in [0.15, 0.2) is 0 Å². The lowest BCUT2D eigenvalue weighted by Gasteiger charge is -2.28. The molecule has 6 heteroatoms. The first kappa shape index (κ1) is 12.7. The molecule has 0 bridgehead atoms. The largest absolute Gasteiger partial charge is 0.489 e. The summed E-state index contributed by atoms with van der Waals surface area (Å²) < 4.78 is 31.4. The molecule has 0 spiro atoms. The maximum atomic E-state index is 12.9. The molecule has 0 amide bonds. The Labute approximate surface area is 103 Å². The van der Waals surface area contributed by atoms with Gasteiger partial charge in [0.05, 0.1) is 17.9 Å². The molecule has 0 aliphatic heterocycles. The van der Waals surface area contributed by atoms with Crippen LogP contribution in [0.3, 0.4) is 0 Å². The van der Waals surface area contributed by atoms with Gasteiger partial charge in [0.2, 0.25) is 5.92 Å². The van der Waals surface area contributed by atoms with Crippen molar-refractivity contribution in [2.45, 2.75) is 37.7 Å². The molecular weight excluding hydrogens is 244 g/mol. The molecule has 1 aromatic heterocycles. The normalized spacial score (nSPS) is 19.4. The second kappa shape index (κ2) is 4.88. The van der Waals surface area contributed by atoms with Crippen LogP contribution in [-0.2, 0) is 0 Å². The Morgan fingerprint density at radius 3 is 2.67 bits per heavy atom. The minimum Gasteiger partial charge on any atom is -0.489 e. The highest BCUT2D eigenvalue weighted by atomic mass is 19.3. The summed E-state index contributed by atoms with van der Waals surface area (Å²) in [5.74, 6) is -3.38. The van der Waals surface area contributed by atoms with Gasteiger partial charge in [-0.25, -0.2) is 13.6 Å². The monoisotopic (exact) mass is 257 g/mol. The third-order valence-corrected chi connectivity index (χ3v) is 2.93. The van der Waals surface area contributed by atoms with E-state index in [1.807, 2.05) is 0 Å². The lowest BCUT2D eigenvalue weighted by Crippen LogP contribution is -2.30. The number of alkyl halides is 2. The summed E-state index contributed by atoms with van der Waals surface area (Å²) in [5, 5.41) is 8.79. The number of carboxylic acid groups (broad SMARTS) is 1. The highest BCUT2D eigenvalue weighted by molar-refractivity contribution is 5.87. The van der Waals surface area contributed by atoms with Gasteiger partial charge in [0.1, 0.15) is 5.75 Å². The minimum atomic E-state index is -2.60. The fourth-order valence-corrected chi connectivity index (χ4v) is 1.92. The van der Waals surface area contributed by atoms with Gasteiger partial charge < -0.3 is 9.84 Å². The maximum Gasteiger partial charge on any atom is 0.337 e. The maximum absolute atomic E-state index is 12.9. The number of pyridine rings is 1. The zero-order chi connectivity index (χ0) is 13.2. The van der Waals surface area contributed by atoms with Gasteiger partial charge in [-0.3, -0.25) is 4.98 Å². The number of hydrogen-bond acceptors (Lipinski definition) is 3. The molecule has 1 aliphatic rings. The molecule has 1 saturated carbocycles. The van der Waals surface area contributed by atoms with Crippen LogP contribution in [0.5, 0.6) is 5.75 Å². The van der Waals surface area contributed by atoms with Crippen molar-refractivity contribution < 1.29 is 23.4 Å². The van der Waals surface area contributed by atoms with Crippen LogP contribution in [0.1, 0.15) is 36.0 Å². The Morgan fingerprint density at radius 2 is 2.06 bits per heavy atom. The van der Waals surface area contributed by atoms with Crippen LogP contribution in [0.2, 0.25) is 0 Å². The van der Waals surface area contributed by atoms with Gasteiger partial charge in [-0.1, -0.05) is 0 Å². The molecule has 18 heavy (non-hydrogen) atoms. The van der Waals surface area contributed by atoms with E-state index in [1.54, 1.807) is 0 Å². The molecule has 1 heterocycles. The summed E-state index contributed by atoms with van der Waals surface area (Å²) in [4.78, 5) is 14.5. The summed E-state index contributed by atoms with van der Waals surface area (Å²) in [5.41, 5.74) is 0.0219. The second-order valence-electron chi connectivity index (χ2n) is 4.39. The van der Waals surface area contributed by atoms with E-state index in [4.69, 9.17) is 9.84 Å². The fourth-order valence-electron chi connectivity index (χ4n) is 1.92. The van der Waals surface area contributed by atoms with Crippen LogP contribution >= 0.6 is 0 Å². The standard InChI is InChI=1S/C12H13F2NO3/c13-12(14)3-1-9(2-4-12)18-10-5-8(11(16)17)6-15-7-10/h5-7,9H,1-4H2,(H,16,17). The average molecular weight is 257 g/mol. The van der Waals surface area contributed by atoms with Gasteiger partial charge in [-0.2, -0.15) is 0 Å². The van der Waals surface area contributed by atoms with Crippen LogP contribution in [0.4, 0.5) is 8.78 Å². The molecule has 2 rings (SSSR count). The number of carboxylic acids is 1. The Morgan fingerprint density at radius 1 is 1.39 bits per heavy atom. The zero-order valence-electron chi connectivity index (χ0n) is 9.60. The van der Waals surface area contributed by atoms with Crippen LogP contribution in [0, 0.1) is 0 Å². The van der Waals surface area contributed by atoms with Crippen LogP contribution in [0.25, 0.3) is 0 Å². The molecule has 0 atom stereocenters. The molecule has 1 aliphatic carbocycles. The van der Waals surface area contributed by atoms with Crippen LogP contribution in [0.15, 0.2) is 18.5 Å². The molecule has 0 saturated heterocycles. The molecule has 1 N–H and O–H groups in total. The predicted octanol–water partition coefficient (Wildman–Crippen LogP) is 2.74. The number of nitrogens with zero attached hydrogens (tertiary/aromatic N) is 1. The predicted molar refractivity (Wildman–Crippen MR) is 59.0 cm³/mol. The fraction of sp³-hybridized carbons (Fsp3) is 0.500. The van der Waals surface area contributed by atoms with E-state index >= 15 is 0 Å². The number of aromatic carboxylic acids is 1. The highest BCUT2D eigenvalue weighted by Crippen LogP contribution is 2.34. The Balaban J connectivity index is 1.98. The van der Waals surface area contributed by atoms with E-state index in [2.05, 4.69) is 4.98 Å². The van der Waals surface area contributed by atoms with Crippen molar-refractivity contribution in [3.8, 4) is 5.75 Å². The van der Waals surface area contributed by atoms with E-state index in [0.717, 1.165) is 0 Å². The van der Waals surface area contributed by atoms with Crippen molar-refractivity contribution in [1.29, 1.82) is 0 Å².